The number of hydrogen-bond donors (Lipinski definition) is 2. The van der Waals surface area contributed by atoms with Gasteiger partial charge in [-0.25, -0.2) is 0 Å². The summed E-state index contributed by atoms with van der Waals surface area (Å²) < 4.78 is 16.8. The van der Waals surface area contributed by atoms with Crippen molar-refractivity contribution in [2.45, 2.75) is 39.0 Å². The van der Waals surface area contributed by atoms with Crippen LogP contribution in [0.1, 0.15) is 44.6 Å². The lowest BCUT2D eigenvalue weighted by Crippen LogP contribution is -2.36. The van der Waals surface area contributed by atoms with Crippen molar-refractivity contribution >= 4 is 29.5 Å². The van der Waals surface area contributed by atoms with Gasteiger partial charge >= 0.3 is 5.97 Å². The molecule has 0 radical (unpaired) electrons. The molecular weight excluding hydrogens is 412 g/mol. The summed E-state index contributed by atoms with van der Waals surface area (Å²) in [5.74, 6) is 0.652. The van der Waals surface area contributed by atoms with Crippen molar-refractivity contribution in [2.24, 2.45) is 10.4 Å². The van der Waals surface area contributed by atoms with Gasteiger partial charge in [-0.05, 0) is 50.8 Å². The highest BCUT2D eigenvalue weighted by Gasteiger charge is 2.57. The molecule has 1 aromatic carbocycles. The number of carboxylic acid groups (broad SMARTS) is 1. The largest absolute Gasteiger partial charge is 0.493 e. The van der Waals surface area contributed by atoms with Gasteiger partial charge in [0.1, 0.15) is 16.9 Å². The zero-order chi connectivity index (χ0) is 23.3. The first-order chi connectivity index (χ1) is 15.3. The number of carbonyl (C=O) groups is 2. The maximum absolute atomic E-state index is 12.4. The fourth-order valence-corrected chi connectivity index (χ4v) is 3.48. The molecule has 1 amide bonds. The summed E-state index contributed by atoms with van der Waals surface area (Å²) in [6.07, 6.45) is 7.93. The molecule has 2 aliphatic carbocycles. The molecule has 0 aliphatic heterocycles. The molecule has 0 aromatic heterocycles. The number of nitrogens with zero attached hydrogens (tertiary/aromatic N) is 1. The predicted octanol–water partition coefficient (Wildman–Crippen LogP) is 4.35. The third-order valence-corrected chi connectivity index (χ3v) is 5.53. The number of hydrogen-bond acceptors (Lipinski definition) is 6. The third kappa shape index (κ3) is 4.85. The Morgan fingerprint density at radius 1 is 1.16 bits per heavy atom. The zero-order valence-electron chi connectivity index (χ0n) is 18.6. The van der Waals surface area contributed by atoms with E-state index in [1.165, 1.54) is 0 Å². The smallest absolute Gasteiger partial charge is 0.319 e. The minimum absolute atomic E-state index is 0.374. The first-order valence-corrected chi connectivity index (χ1v) is 10.4. The van der Waals surface area contributed by atoms with Crippen LogP contribution in [0.15, 0.2) is 47.3 Å². The van der Waals surface area contributed by atoms with Gasteiger partial charge in [-0.3, -0.25) is 14.6 Å². The minimum atomic E-state index is -1.27. The highest BCUT2D eigenvalue weighted by atomic mass is 16.5. The lowest BCUT2D eigenvalue weighted by molar-refractivity contribution is -0.148. The van der Waals surface area contributed by atoms with Crippen molar-refractivity contribution in [3.63, 3.8) is 0 Å². The highest BCUT2D eigenvalue weighted by Crippen LogP contribution is 2.46. The fraction of sp³-hybridized carbons (Fsp3) is 0.375. The molecule has 0 unspecified atom stereocenters. The molecule has 1 fully saturated rings. The van der Waals surface area contributed by atoms with Crippen LogP contribution in [-0.2, 0) is 14.3 Å². The van der Waals surface area contributed by atoms with Crippen molar-refractivity contribution in [1.82, 2.24) is 5.32 Å². The molecule has 3 rings (SSSR count). The molecule has 170 valence electrons. The van der Waals surface area contributed by atoms with Gasteiger partial charge in [-0.15, -0.1) is 0 Å². The summed E-state index contributed by atoms with van der Waals surface area (Å²) in [6, 6.07) is 3.52. The Labute approximate surface area is 187 Å². The van der Waals surface area contributed by atoms with Crippen molar-refractivity contribution in [3.8, 4) is 11.5 Å². The van der Waals surface area contributed by atoms with Crippen LogP contribution in [0.4, 0.5) is 5.69 Å². The van der Waals surface area contributed by atoms with Gasteiger partial charge in [0.25, 0.3) is 0 Å². The number of benzene rings is 1. The summed E-state index contributed by atoms with van der Waals surface area (Å²) in [5, 5.41) is 12.1. The summed E-state index contributed by atoms with van der Waals surface area (Å²) in [6.45, 7) is 5.88. The van der Waals surface area contributed by atoms with Gasteiger partial charge in [0, 0.05) is 30.0 Å². The van der Waals surface area contributed by atoms with Gasteiger partial charge in [-0.2, -0.15) is 0 Å². The van der Waals surface area contributed by atoms with Crippen LogP contribution >= 0.6 is 0 Å². The van der Waals surface area contributed by atoms with Crippen LogP contribution in [0.5, 0.6) is 11.5 Å². The van der Waals surface area contributed by atoms with E-state index in [-0.39, 0.29) is 0 Å². The van der Waals surface area contributed by atoms with Crippen LogP contribution in [0.3, 0.4) is 0 Å². The molecule has 2 aliphatic rings. The molecule has 0 heterocycles. The van der Waals surface area contributed by atoms with Gasteiger partial charge in [0.05, 0.1) is 19.9 Å². The average Bonchev–Trinajstić information content (AvgIpc) is 3.60. The van der Waals surface area contributed by atoms with Crippen molar-refractivity contribution in [2.75, 3.05) is 14.2 Å². The van der Waals surface area contributed by atoms with Gasteiger partial charge in [-0.1, -0.05) is 6.58 Å². The number of rotatable bonds is 9. The zero-order valence-corrected chi connectivity index (χ0v) is 18.6. The fourth-order valence-electron chi connectivity index (χ4n) is 3.48. The van der Waals surface area contributed by atoms with Crippen LogP contribution in [0, 0.1) is 5.41 Å². The SMILES string of the molecule is C=C(OC1=CC=C(NC(=O)C2(C(=O)O)CC2)CCC1)c1cc(OC)c(OC)cc1N=CC. The first-order valence-electron chi connectivity index (χ1n) is 10.4. The second-order valence-electron chi connectivity index (χ2n) is 7.66. The molecule has 2 N–H and O–H groups in total. The van der Waals surface area contributed by atoms with Crippen molar-refractivity contribution < 1.29 is 28.9 Å². The Hall–Kier alpha value is -3.55. The monoisotopic (exact) mass is 440 g/mol. The van der Waals surface area contributed by atoms with E-state index in [1.807, 2.05) is 6.92 Å². The third-order valence-electron chi connectivity index (χ3n) is 5.53. The lowest BCUT2D eigenvalue weighted by Gasteiger charge is -2.16. The number of carbonyl (C=O) groups excluding carboxylic acids is 1. The average molecular weight is 440 g/mol. The molecule has 8 heteroatoms. The number of allylic oxidation sites excluding steroid dienone is 4. The Morgan fingerprint density at radius 3 is 2.44 bits per heavy atom. The van der Waals surface area contributed by atoms with Crippen molar-refractivity contribution in [3.05, 3.63) is 47.9 Å². The molecule has 0 spiro atoms. The summed E-state index contributed by atoms with van der Waals surface area (Å²) in [5.41, 5.74) is 0.708. The molecule has 0 atom stereocenters. The Morgan fingerprint density at radius 2 is 1.84 bits per heavy atom. The number of aliphatic imine (C=N–C) groups is 1. The summed E-state index contributed by atoms with van der Waals surface area (Å²) in [7, 11) is 3.11. The summed E-state index contributed by atoms with van der Waals surface area (Å²) in [4.78, 5) is 28.1. The molecule has 1 saturated carbocycles. The number of ether oxygens (including phenoxy) is 3. The quantitative estimate of drug-likeness (QED) is 0.336. The van der Waals surface area contributed by atoms with Crippen molar-refractivity contribution in [1.29, 1.82) is 0 Å². The number of methoxy groups -OCH3 is 2. The topological polar surface area (TPSA) is 106 Å². The second kappa shape index (κ2) is 9.72. The molecule has 32 heavy (non-hydrogen) atoms. The van der Waals surface area contributed by atoms with Gasteiger partial charge in [0.2, 0.25) is 5.91 Å². The normalized spacial score (nSPS) is 17.0. The van der Waals surface area contributed by atoms with Crippen LogP contribution in [0.25, 0.3) is 5.76 Å². The van der Waals surface area contributed by atoms with Crippen LogP contribution in [0.2, 0.25) is 0 Å². The van der Waals surface area contributed by atoms with E-state index >= 15 is 0 Å². The summed E-state index contributed by atoms with van der Waals surface area (Å²) >= 11 is 0. The number of nitrogens with one attached hydrogen (secondary N) is 1. The molecule has 8 nitrogen and oxygen atoms in total. The number of amides is 1. The second-order valence-corrected chi connectivity index (χ2v) is 7.66. The maximum Gasteiger partial charge on any atom is 0.319 e. The Bertz CT molecular complexity index is 1020. The predicted molar refractivity (Wildman–Crippen MR) is 121 cm³/mol. The standard InChI is InChI=1S/C24H28N2O6/c1-5-25-19-14-21(31-4)20(30-3)13-18(19)15(2)32-17-8-6-7-16(9-10-17)26-22(27)24(11-12-24)23(28)29/h5,9-10,13-14H,2,6-8,11-12H2,1,3-4H3,(H,26,27)(H,28,29). The van der Waals surface area contributed by atoms with E-state index in [0.29, 0.717) is 65.6 Å². The van der Waals surface area contributed by atoms with Gasteiger partial charge < -0.3 is 24.6 Å². The van der Waals surface area contributed by atoms with E-state index in [2.05, 4.69) is 16.9 Å². The van der Waals surface area contributed by atoms with E-state index in [1.54, 1.807) is 44.7 Å². The molecular formula is C24H28N2O6. The van der Waals surface area contributed by atoms with E-state index < -0.39 is 17.3 Å². The van der Waals surface area contributed by atoms with E-state index in [4.69, 9.17) is 14.2 Å². The number of aliphatic carboxylic acids is 1. The Balaban J connectivity index is 1.76. The van der Waals surface area contributed by atoms with E-state index in [0.717, 1.165) is 6.42 Å². The lowest BCUT2D eigenvalue weighted by atomic mass is 10.1. The van der Waals surface area contributed by atoms with Gasteiger partial charge in [0.15, 0.2) is 11.5 Å². The minimum Gasteiger partial charge on any atom is -0.493 e. The highest BCUT2D eigenvalue weighted by molar-refractivity contribution is 6.05. The van der Waals surface area contributed by atoms with Crippen LogP contribution in [-0.4, -0.2) is 37.4 Å². The first kappa shape index (κ1) is 23.1. The maximum atomic E-state index is 12.4. The molecule has 0 saturated heterocycles. The Kier molecular flexibility index (Phi) is 7.02. The molecule has 1 aromatic rings. The van der Waals surface area contributed by atoms with E-state index in [9.17, 15) is 14.7 Å². The number of carboxylic acids is 1. The van der Waals surface area contributed by atoms with Crippen LogP contribution < -0.4 is 14.8 Å². The molecule has 0 bridgehead atoms.